The summed E-state index contributed by atoms with van der Waals surface area (Å²) >= 11 is 1.36. The lowest BCUT2D eigenvalue weighted by Gasteiger charge is -2.00. The van der Waals surface area contributed by atoms with Crippen molar-refractivity contribution in [1.29, 1.82) is 0 Å². The second kappa shape index (κ2) is 6.23. The highest BCUT2D eigenvalue weighted by Crippen LogP contribution is 2.15. The van der Waals surface area contributed by atoms with Crippen LogP contribution in [-0.2, 0) is 0 Å². The number of carbonyl (C=O) groups is 1. The van der Waals surface area contributed by atoms with Gasteiger partial charge in [-0.3, -0.25) is 4.79 Å². The fourth-order valence-electron chi connectivity index (χ4n) is 1.04. The molecule has 0 saturated heterocycles. The lowest BCUT2D eigenvalue weighted by molar-refractivity contribution is 0.0957. The number of rotatable bonds is 3. The van der Waals surface area contributed by atoms with Crippen molar-refractivity contribution in [2.24, 2.45) is 0 Å². The maximum Gasteiger partial charge on any atom is 0.262 e. The van der Waals surface area contributed by atoms with E-state index in [1.165, 1.54) is 11.3 Å². The van der Waals surface area contributed by atoms with Crippen molar-refractivity contribution >= 4 is 17.2 Å². The molecule has 2 N–H and O–H groups in total. The summed E-state index contributed by atoms with van der Waals surface area (Å²) in [6.45, 7) is 2.48. The average Bonchev–Trinajstić information content (AvgIpc) is 2.71. The second-order valence-electron chi connectivity index (χ2n) is 2.88. The van der Waals surface area contributed by atoms with Crippen LogP contribution in [-0.4, -0.2) is 24.2 Å². The standard InChI is InChI=1S/C11H13NO2S/c1-2-6-12-11(14)10-9(4-3-7-13)5-8-15-10/h5,8,13H,2,6-7H2,1H3,(H,12,14). The summed E-state index contributed by atoms with van der Waals surface area (Å²) in [5.41, 5.74) is 0.683. The molecule has 0 radical (unpaired) electrons. The highest BCUT2D eigenvalue weighted by atomic mass is 32.1. The van der Waals surface area contributed by atoms with E-state index in [2.05, 4.69) is 17.2 Å². The van der Waals surface area contributed by atoms with Gasteiger partial charge in [0.05, 0.1) is 0 Å². The Labute approximate surface area is 93.1 Å². The van der Waals surface area contributed by atoms with Gasteiger partial charge >= 0.3 is 0 Å². The van der Waals surface area contributed by atoms with Crippen molar-refractivity contribution in [2.75, 3.05) is 13.2 Å². The van der Waals surface area contributed by atoms with Crippen LogP contribution in [0.2, 0.25) is 0 Å². The van der Waals surface area contributed by atoms with Gasteiger partial charge in [0.15, 0.2) is 0 Å². The smallest absolute Gasteiger partial charge is 0.262 e. The molecule has 0 aromatic carbocycles. The van der Waals surface area contributed by atoms with Crippen LogP contribution < -0.4 is 5.32 Å². The summed E-state index contributed by atoms with van der Waals surface area (Å²) in [4.78, 5) is 12.2. The first-order valence-corrected chi connectivity index (χ1v) is 5.63. The summed E-state index contributed by atoms with van der Waals surface area (Å²) < 4.78 is 0. The third-order valence-electron chi connectivity index (χ3n) is 1.71. The summed E-state index contributed by atoms with van der Waals surface area (Å²) in [7, 11) is 0. The molecule has 1 rings (SSSR count). The molecule has 3 nitrogen and oxygen atoms in total. The van der Waals surface area contributed by atoms with Gasteiger partial charge in [-0.1, -0.05) is 18.8 Å². The summed E-state index contributed by atoms with van der Waals surface area (Å²) in [5, 5.41) is 13.2. The number of thiophene rings is 1. The van der Waals surface area contributed by atoms with Crippen LogP contribution >= 0.6 is 11.3 Å². The first-order valence-electron chi connectivity index (χ1n) is 4.75. The normalized spacial score (nSPS) is 9.20. The van der Waals surface area contributed by atoms with E-state index in [0.717, 1.165) is 6.42 Å². The molecule has 0 saturated carbocycles. The molecule has 15 heavy (non-hydrogen) atoms. The summed E-state index contributed by atoms with van der Waals surface area (Å²) in [6.07, 6.45) is 0.911. The van der Waals surface area contributed by atoms with Gasteiger partial charge in [0.1, 0.15) is 11.5 Å². The Hall–Kier alpha value is -1.31. The van der Waals surface area contributed by atoms with Crippen molar-refractivity contribution in [3.63, 3.8) is 0 Å². The molecule has 0 spiro atoms. The zero-order valence-corrected chi connectivity index (χ0v) is 9.36. The minimum Gasteiger partial charge on any atom is -0.384 e. The van der Waals surface area contributed by atoms with E-state index in [-0.39, 0.29) is 12.5 Å². The Balaban J connectivity index is 2.76. The molecule has 1 aromatic rings. The van der Waals surface area contributed by atoms with E-state index in [0.29, 0.717) is 17.0 Å². The Morgan fingerprint density at radius 3 is 3.13 bits per heavy atom. The fourth-order valence-corrected chi connectivity index (χ4v) is 1.80. The molecule has 1 heterocycles. The number of aliphatic hydroxyl groups is 1. The number of amides is 1. The lowest BCUT2D eigenvalue weighted by Crippen LogP contribution is -2.23. The predicted octanol–water partition coefficient (Wildman–Crippen LogP) is 1.23. The number of aliphatic hydroxyl groups excluding tert-OH is 1. The van der Waals surface area contributed by atoms with E-state index in [9.17, 15) is 4.79 Å². The van der Waals surface area contributed by atoms with Crippen LogP contribution in [0.1, 0.15) is 28.6 Å². The van der Waals surface area contributed by atoms with E-state index in [1.54, 1.807) is 6.07 Å². The van der Waals surface area contributed by atoms with Crippen molar-refractivity contribution in [3.8, 4) is 11.8 Å². The number of carbonyl (C=O) groups excluding carboxylic acids is 1. The van der Waals surface area contributed by atoms with Gasteiger partial charge in [-0.05, 0) is 17.9 Å². The molecule has 80 valence electrons. The maximum atomic E-state index is 11.6. The van der Waals surface area contributed by atoms with Gasteiger partial charge in [0.25, 0.3) is 5.91 Å². The predicted molar refractivity (Wildman–Crippen MR) is 60.9 cm³/mol. The molecule has 1 amide bonds. The molecule has 0 atom stereocenters. The van der Waals surface area contributed by atoms with Crippen molar-refractivity contribution in [3.05, 3.63) is 21.9 Å². The molecule has 0 aliphatic rings. The van der Waals surface area contributed by atoms with Crippen molar-refractivity contribution in [1.82, 2.24) is 5.32 Å². The monoisotopic (exact) mass is 223 g/mol. The van der Waals surface area contributed by atoms with E-state index >= 15 is 0 Å². The largest absolute Gasteiger partial charge is 0.384 e. The van der Waals surface area contributed by atoms with E-state index < -0.39 is 0 Å². The molecule has 4 heteroatoms. The van der Waals surface area contributed by atoms with Gasteiger partial charge in [-0.25, -0.2) is 0 Å². The Morgan fingerprint density at radius 2 is 2.47 bits per heavy atom. The SMILES string of the molecule is CCCNC(=O)c1sccc1C#CCO. The topological polar surface area (TPSA) is 49.3 Å². The highest BCUT2D eigenvalue weighted by Gasteiger charge is 2.10. The Morgan fingerprint density at radius 1 is 1.67 bits per heavy atom. The average molecular weight is 223 g/mol. The van der Waals surface area contributed by atoms with Crippen LogP contribution in [0.5, 0.6) is 0 Å². The molecule has 0 unspecified atom stereocenters. The second-order valence-corrected chi connectivity index (χ2v) is 3.80. The van der Waals surface area contributed by atoms with E-state index in [1.807, 2.05) is 12.3 Å². The Bertz CT molecular complexity index is 387. The minimum absolute atomic E-state index is 0.0888. The van der Waals surface area contributed by atoms with Crippen molar-refractivity contribution in [2.45, 2.75) is 13.3 Å². The quantitative estimate of drug-likeness (QED) is 0.757. The zero-order chi connectivity index (χ0) is 11.1. The maximum absolute atomic E-state index is 11.6. The highest BCUT2D eigenvalue weighted by molar-refractivity contribution is 7.12. The van der Waals surface area contributed by atoms with Gasteiger partial charge in [-0.15, -0.1) is 11.3 Å². The molecule has 0 aliphatic heterocycles. The fraction of sp³-hybridized carbons (Fsp3) is 0.364. The van der Waals surface area contributed by atoms with Crippen LogP contribution in [0, 0.1) is 11.8 Å². The van der Waals surface area contributed by atoms with Gasteiger partial charge in [-0.2, -0.15) is 0 Å². The molecule has 0 bridgehead atoms. The van der Waals surface area contributed by atoms with Crippen LogP contribution in [0.25, 0.3) is 0 Å². The van der Waals surface area contributed by atoms with Crippen LogP contribution in [0.3, 0.4) is 0 Å². The van der Waals surface area contributed by atoms with Gasteiger partial charge < -0.3 is 10.4 Å². The van der Waals surface area contributed by atoms with E-state index in [4.69, 9.17) is 5.11 Å². The third-order valence-corrected chi connectivity index (χ3v) is 2.62. The zero-order valence-electron chi connectivity index (χ0n) is 8.54. The number of hydrogen-bond donors (Lipinski definition) is 2. The molecule has 0 fully saturated rings. The third kappa shape index (κ3) is 3.39. The van der Waals surface area contributed by atoms with Crippen molar-refractivity contribution < 1.29 is 9.90 Å². The van der Waals surface area contributed by atoms with Gasteiger partial charge in [0.2, 0.25) is 0 Å². The molecular formula is C11H13NO2S. The van der Waals surface area contributed by atoms with Crippen LogP contribution in [0.4, 0.5) is 0 Å². The Kier molecular flexibility index (Phi) is 4.88. The summed E-state index contributed by atoms with van der Waals surface area (Å²) in [6, 6.07) is 1.79. The number of hydrogen-bond acceptors (Lipinski definition) is 3. The minimum atomic E-state index is -0.189. The lowest BCUT2D eigenvalue weighted by atomic mass is 10.2. The first-order chi connectivity index (χ1) is 7.29. The molecule has 1 aromatic heterocycles. The first kappa shape index (κ1) is 11.8. The number of nitrogens with one attached hydrogen (secondary N) is 1. The molecule has 0 aliphatic carbocycles. The van der Waals surface area contributed by atoms with Crippen LogP contribution in [0.15, 0.2) is 11.4 Å². The molecular weight excluding hydrogens is 210 g/mol. The summed E-state index contributed by atoms with van der Waals surface area (Å²) in [5.74, 6) is 5.20. The van der Waals surface area contributed by atoms with Gasteiger partial charge in [0, 0.05) is 12.1 Å².